The van der Waals surface area contributed by atoms with E-state index in [2.05, 4.69) is 10.3 Å². The summed E-state index contributed by atoms with van der Waals surface area (Å²) < 4.78 is 0. The molecular formula is C25H26N6O2. The monoisotopic (exact) mass is 442 g/mol. The fourth-order valence-corrected chi connectivity index (χ4v) is 4.58. The van der Waals surface area contributed by atoms with Gasteiger partial charge >= 0.3 is 0 Å². The number of para-hydroxylation sites is 1. The molecule has 33 heavy (non-hydrogen) atoms. The van der Waals surface area contributed by atoms with Crippen LogP contribution in [0.25, 0.3) is 11.3 Å². The predicted octanol–water partition coefficient (Wildman–Crippen LogP) is 3.42. The third-order valence-corrected chi connectivity index (χ3v) is 6.29. The molecule has 2 fully saturated rings. The van der Waals surface area contributed by atoms with Gasteiger partial charge in [0.15, 0.2) is 5.82 Å². The number of nitrogens with zero attached hydrogens (tertiary/aromatic N) is 5. The van der Waals surface area contributed by atoms with Crippen LogP contribution in [-0.4, -0.2) is 56.7 Å². The van der Waals surface area contributed by atoms with Gasteiger partial charge in [-0.25, -0.2) is 9.97 Å². The largest absolute Gasteiger partial charge is 0.345 e. The van der Waals surface area contributed by atoms with Gasteiger partial charge in [-0.2, -0.15) is 0 Å². The molecule has 8 heteroatoms. The first-order valence-electron chi connectivity index (χ1n) is 11.2. The molecule has 0 aliphatic carbocycles. The van der Waals surface area contributed by atoms with Crippen molar-refractivity contribution >= 4 is 23.3 Å². The summed E-state index contributed by atoms with van der Waals surface area (Å²) in [4.78, 5) is 42.6. The molecule has 1 aromatic carbocycles. The zero-order valence-electron chi connectivity index (χ0n) is 18.5. The number of anilines is 2. The number of hydrogen-bond acceptors (Lipinski definition) is 6. The number of nitrogens with one attached hydrogen (secondary N) is 1. The number of aromatic nitrogens is 3. The Kier molecular flexibility index (Phi) is 5.73. The lowest BCUT2D eigenvalue weighted by atomic mass is 10.1. The SMILES string of the molecule is CN1C[C@H](C(=O)N2CCC[C@@H]2c2nc(Nc3ccccc3)cc(-c3ccncc3)n2)CC1=O. The first-order valence-corrected chi connectivity index (χ1v) is 11.2. The van der Waals surface area contributed by atoms with Crippen molar-refractivity contribution in [3.05, 3.63) is 66.7 Å². The van der Waals surface area contributed by atoms with Crippen molar-refractivity contribution in [2.75, 3.05) is 25.5 Å². The van der Waals surface area contributed by atoms with E-state index >= 15 is 0 Å². The Balaban J connectivity index is 1.48. The maximum atomic E-state index is 13.3. The number of rotatable bonds is 5. The zero-order valence-corrected chi connectivity index (χ0v) is 18.5. The molecule has 2 aromatic heterocycles. The first kappa shape index (κ1) is 21.1. The second-order valence-electron chi connectivity index (χ2n) is 8.59. The highest BCUT2D eigenvalue weighted by Gasteiger charge is 2.40. The third-order valence-electron chi connectivity index (χ3n) is 6.29. The molecule has 1 N–H and O–H groups in total. The molecule has 168 valence electrons. The summed E-state index contributed by atoms with van der Waals surface area (Å²) in [5.41, 5.74) is 2.63. The van der Waals surface area contributed by atoms with Crippen LogP contribution in [0.5, 0.6) is 0 Å². The minimum absolute atomic E-state index is 0.0192. The van der Waals surface area contributed by atoms with Gasteiger partial charge in [0, 0.05) is 56.3 Å². The third kappa shape index (κ3) is 4.41. The molecule has 0 unspecified atom stereocenters. The molecule has 0 spiro atoms. The van der Waals surface area contributed by atoms with Crippen LogP contribution in [0, 0.1) is 5.92 Å². The van der Waals surface area contributed by atoms with Crippen molar-refractivity contribution in [2.24, 2.45) is 5.92 Å². The lowest BCUT2D eigenvalue weighted by Gasteiger charge is -2.26. The minimum Gasteiger partial charge on any atom is -0.345 e. The van der Waals surface area contributed by atoms with Crippen LogP contribution in [-0.2, 0) is 9.59 Å². The second kappa shape index (κ2) is 8.97. The van der Waals surface area contributed by atoms with E-state index in [1.54, 1.807) is 24.3 Å². The average Bonchev–Trinajstić information content (AvgIpc) is 3.46. The van der Waals surface area contributed by atoms with Crippen molar-refractivity contribution < 1.29 is 9.59 Å². The van der Waals surface area contributed by atoms with E-state index in [4.69, 9.17) is 9.97 Å². The second-order valence-corrected chi connectivity index (χ2v) is 8.59. The summed E-state index contributed by atoms with van der Waals surface area (Å²) in [5.74, 6) is 1.04. The molecule has 2 saturated heterocycles. The Labute approximate surface area is 192 Å². The van der Waals surface area contributed by atoms with Gasteiger partial charge in [-0.1, -0.05) is 18.2 Å². The van der Waals surface area contributed by atoms with Crippen LogP contribution in [0.2, 0.25) is 0 Å². The average molecular weight is 443 g/mol. The molecule has 3 aromatic rings. The molecule has 2 aliphatic heterocycles. The van der Waals surface area contributed by atoms with E-state index in [9.17, 15) is 9.59 Å². The van der Waals surface area contributed by atoms with Crippen LogP contribution >= 0.6 is 0 Å². The Bertz CT molecular complexity index is 1150. The van der Waals surface area contributed by atoms with Gasteiger partial charge in [-0.3, -0.25) is 14.6 Å². The highest BCUT2D eigenvalue weighted by atomic mass is 16.2. The molecular weight excluding hydrogens is 416 g/mol. The van der Waals surface area contributed by atoms with Crippen molar-refractivity contribution in [2.45, 2.75) is 25.3 Å². The zero-order chi connectivity index (χ0) is 22.8. The summed E-state index contributed by atoms with van der Waals surface area (Å²) in [6.07, 6.45) is 5.43. The highest BCUT2D eigenvalue weighted by Crippen LogP contribution is 2.35. The molecule has 5 rings (SSSR count). The number of hydrogen-bond donors (Lipinski definition) is 1. The normalized spacial score (nSPS) is 20.3. The van der Waals surface area contributed by atoms with E-state index < -0.39 is 0 Å². The fraction of sp³-hybridized carbons (Fsp3) is 0.320. The summed E-state index contributed by atoms with van der Waals surface area (Å²) >= 11 is 0. The van der Waals surface area contributed by atoms with Gasteiger partial charge in [0.25, 0.3) is 0 Å². The van der Waals surface area contributed by atoms with Crippen LogP contribution in [0.4, 0.5) is 11.5 Å². The van der Waals surface area contributed by atoms with Crippen molar-refractivity contribution in [1.29, 1.82) is 0 Å². The number of likely N-dealkylation sites (tertiary alicyclic amines) is 2. The maximum Gasteiger partial charge on any atom is 0.228 e. The van der Waals surface area contributed by atoms with Crippen LogP contribution in [0.15, 0.2) is 60.9 Å². The van der Waals surface area contributed by atoms with Crippen molar-refractivity contribution in [1.82, 2.24) is 24.8 Å². The molecule has 2 amide bonds. The van der Waals surface area contributed by atoms with Gasteiger partial charge in [0.05, 0.1) is 17.7 Å². The van der Waals surface area contributed by atoms with Gasteiger partial charge in [-0.15, -0.1) is 0 Å². The summed E-state index contributed by atoms with van der Waals surface area (Å²) in [6.45, 7) is 1.13. The van der Waals surface area contributed by atoms with Gasteiger partial charge < -0.3 is 15.1 Å². The van der Waals surface area contributed by atoms with E-state index in [1.165, 1.54) is 0 Å². The molecule has 2 atom stereocenters. The molecule has 2 aliphatic rings. The Morgan fingerprint density at radius 3 is 2.61 bits per heavy atom. The lowest BCUT2D eigenvalue weighted by molar-refractivity contribution is -0.136. The van der Waals surface area contributed by atoms with Gasteiger partial charge in [-0.05, 0) is 37.1 Å². The van der Waals surface area contributed by atoms with Crippen molar-refractivity contribution in [3.63, 3.8) is 0 Å². The standard InChI is InChI=1S/C25H26N6O2/c1-30-16-18(14-23(30)32)25(33)31-13-5-8-21(31)24-28-20(17-9-11-26-12-10-17)15-22(29-24)27-19-6-3-2-4-7-19/h2-4,6-7,9-12,15,18,21H,5,8,13-14,16H2,1H3,(H,27,28,29)/t18-,21-/m1/s1. The predicted molar refractivity (Wildman–Crippen MR) is 124 cm³/mol. The quantitative estimate of drug-likeness (QED) is 0.651. The van der Waals surface area contributed by atoms with Gasteiger partial charge in [0.1, 0.15) is 5.82 Å². The number of pyridine rings is 1. The Morgan fingerprint density at radius 1 is 1.09 bits per heavy atom. The summed E-state index contributed by atoms with van der Waals surface area (Å²) in [5, 5.41) is 3.37. The van der Waals surface area contributed by atoms with Gasteiger partial charge in [0.2, 0.25) is 11.8 Å². The number of carbonyl (C=O) groups excluding carboxylic acids is 2. The Morgan fingerprint density at radius 2 is 1.88 bits per heavy atom. The summed E-state index contributed by atoms with van der Waals surface area (Å²) in [6, 6.07) is 15.4. The topological polar surface area (TPSA) is 91.3 Å². The minimum atomic E-state index is -0.298. The van der Waals surface area contributed by atoms with E-state index in [0.717, 1.165) is 29.8 Å². The number of amides is 2. The first-order chi connectivity index (χ1) is 16.1. The molecule has 0 radical (unpaired) electrons. The molecule has 0 saturated carbocycles. The van der Waals surface area contributed by atoms with E-state index in [-0.39, 0.29) is 30.2 Å². The number of carbonyl (C=O) groups is 2. The molecule has 0 bridgehead atoms. The van der Waals surface area contributed by atoms with E-state index in [0.29, 0.717) is 24.7 Å². The molecule has 4 heterocycles. The Hall–Kier alpha value is -3.81. The fourth-order valence-electron chi connectivity index (χ4n) is 4.58. The van der Waals surface area contributed by atoms with Crippen LogP contribution < -0.4 is 5.32 Å². The molecule has 8 nitrogen and oxygen atoms in total. The lowest BCUT2D eigenvalue weighted by Crippen LogP contribution is -2.37. The smallest absolute Gasteiger partial charge is 0.228 e. The van der Waals surface area contributed by atoms with Crippen LogP contribution in [0.3, 0.4) is 0 Å². The highest BCUT2D eigenvalue weighted by molar-refractivity contribution is 5.89. The van der Waals surface area contributed by atoms with Crippen molar-refractivity contribution in [3.8, 4) is 11.3 Å². The van der Waals surface area contributed by atoms with Crippen LogP contribution in [0.1, 0.15) is 31.1 Å². The maximum absolute atomic E-state index is 13.3. The number of benzene rings is 1. The van der Waals surface area contributed by atoms with E-state index in [1.807, 2.05) is 53.4 Å². The summed E-state index contributed by atoms with van der Waals surface area (Å²) in [7, 11) is 1.75.